The number of para-hydroxylation sites is 1. The van der Waals surface area contributed by atoms with Gasteiger partial charge in [-0.15, -0.1) is 0 Å². The molecule has 0 atom stereocenters. The number of carbonyl (C=O) groups is 2. The smallest absolute Gasteiger partial charge is 0.337 e. The van der Waals surface area contributed by atoms with Crippen molar-refractivity contribution in [2.24, 2.45) is 4.99 Å². The normalized spacial score (nSPS) is 15.3. The SMILES string of the molecule is COC(=O)c1ccc(N=C2SC(=Cc3ccccc3OCc3ccccc3C#N)C(=O)N2C)cc1. The second kappa shape index (κ2) is 10.7. The van der Waals surface area contributed by atoms with Crippen molar-refractivity contribution in [1.82, 2.24) is 4.90 Å². The standard InChI is InChI=1S/C27H21N3O4S/c1-30-25(31)24(35-27(30)29-22-13-11-18(12-14-22)26(32)33-2)15-19-7-5-6-10-23(19)34-17-21-9-4-3-8-20(21)16-28/h3-15H,17H2,1-2H3. The Morgan fingerprint density at radius 3 is 2.54 bits per heavy atom. The average Bonchev–Trinajstić information content (AvgIpc) is 3.15. The number of amides is 1. The number of esters is 1. The highest BCUT2D eigenvalue weighted by molar-refractivity contribution is 8.18. The molecule has 1 heterocycles. The molecule has 0 bridgehead atoms. The van der Waals surface area contributed by atoms with E-state index in [0.29, 0.717) is 32.6 Å². The molecular formula is C27H21N3O4S. The minimum absolute atomic E-state index is 0.176. The molecule has 35 heavy (non-hydrogen) atoms. The topological polar surface area (TPSA) is 92.0 Å². The van der Waals surface area contributed by atoms with Crippen LogP contribution in [0.1, 0.15) is 27.0 Å². The van der Waals surface area contributed by atoms with Crippen LogP contribution >= 0.6 is 11.8 Å². The van der Waals surface area contributed by atoms with E-state index in [0.717, 1.165) is 11.1 Å². The number of aliphatic imine (C=N–C) groups is 1. The van der Waals surface area contributed by atoms with Crippen LogP contribution in [0.5, 0.6) is 5.75 Å². The summed E-state index contributed by atoms with van der Waals surface area (Å²) in [5, 5.41) is 9.82. The number of carbonyl (C=O) groups excluding carboxylic acids is 2. The third-order valence-electron chi connectivity index (χ3n) is 5.24. The van der Waals surface area contributed by atoms with Gasteiger partial charge >= 0.3 is 5.97 Å². The van der Waals surface area contributed by atoms with E-state index >= 15 is 0 Å². The molecule has 1 aliphatic rings. The highest BCUT2D eigenvalue weighted by Crippen LogP contribution is 2.35. The van der Waals surface area contributed by atoms with Crippen molar-refractivity contribution in [3.8, 4) is 11.8 Å². The summed E-state index contributed by atoms with van der Waals surface area (Å²) in [6.45, 7) is 0.235. The molecule has 4 rings (SSSR count). The van der Waals surface area contributed by atoms with E-state index in [1.165, 1.54) is 23.8 Å². The molecule has 1 fully saturated rings. The Bertz CT molecular complexity index is 1370. The molecule has 0 radical (unpaired) electrons. The third kappa shape index (κ3) is 5.42. The minimum atomic E-state index is -0.422. The number of methoxy groups -OCH3 is 1. The van der Waals surface area contributed by atoms with E-state index in [1.54, 1.807) is 43.5 Å². The van der Waals surface area contributed by atoms with Crippen LogP contribution in [0.4, 0.5) is 5.69 Å². The number of hydrogen-bond donors (Lipinski definition) is 0. The molecule has 1 aliphatic heterocycles. The zero-order valence-electron chi connectivity index (χ0n) is 19.1. The fraction of sp³-hybridized carbons (Fsp3) is 0.111. The van der Waals surface area contributed by atoms with Crippen LogP contribution in [0.15, 0.2) is 82.7 Å². The lowest BCUT2D eigenvalue weighted by molar-refractivity contribution is -0.121. The Morgan fingerprint density at radius 1 is 1.09 bits per heavy atom. The first-order valence-electron chi connectivity index (χ1n) is 10.6. The van der Waals surface area contributed by atoms with Gasteiger partial charge in [0.1, 0.15) is 12.4 Å². The Labute approximate surface area is 207 Å². The Kier molecular flexibility index (Phi) is 7.29. The van der Waals surface area contributed by atoms with E-state index < -0.39 is 5.97 Å². The van der Waals surface area contributed by atoms with Gasteiger partial charge < -0.3 is 9.47 Å². The molecule has 0 unspecified atom stereocenters. The van der Waals surface area contributed by atoms with Gasteiger partial charge in [0.05, 0.1) is 34.9 Å². The number of nitrogens with zero attached hydrogens (tertiary/aromatic N) is 3. The monoisotopic (exact) mass is 483 g/mol. The van der Waals surface area contributed by atoms with Crippen molar-refractivity contribution in [2.75, 3.05) is 14.2 Å². The third-order valence-corrected chi connectivity index (χ3v) is 6.30. The number of rotatable bonds is 6. The van der Waals surface area contributed by atoms with Gasteiger partial charge in [-0.3, -0.25) is 9.69 Å². The lowest BCUT2D eigenvalue weighted by atomic mass is 10.1. The van der Waals surface area contributed by atoms with Crippen LogP contribution in [0.25, 0.3) is 6.08 Å². The van der Waals surface area contributed by atoms with Crippen LogP contribution < -0.4 is 4.74 Å². The summed E-state index contributed by atoms with van der Waals surface area (Å²) in [5.74, 6) is 0.00565. The molecule has 0 N–H and O–H groups in total. The number of thioether (sulfide) groups is 1. The summed E-state index contributed by atoms with van der Waals surface area (Å²) >= 11 is 1.26. The second-order valence-electron chi connectivity index (χ2n) is 7.50. The van der Waals surface area contributed by atoms with Crippen molar-refractivity contribution < 1.29 is 19.1 Å². The molecule has 8 heteroatoms. The molecule has 1 saturated heterocycles. The zero-order chi connectivity index (χ0) is 24.8. The Morgan fingerprint density at radius 2 is 1.80 bits per heavy atom. The number of benzene rings is 3. The van der Waals surface area contributed by atoms with Crippen molar-refractivity contribution >= 4 is 40.6 Å². The van der Waals surface area contributed by atoms with Crippen LogP contribution in [0, 0.1) is 11.3 Å². The maximum atomic E-state index is 12.9. The van der Waals surface area contributed by atoms with Crippen LogP contribution in [0.2, 0.25) is 0 Å². The predicted octanol–water partition coefficient (Wildman–Crippen LogP) is 5.16. The molecule has 1 amide bonds. The van der Waals surface area contributed by atoms with Gasteiger partial charge in [-0.05, 0) is 54.2 Å². The first-order valence-corrected chi connectivity index (χ1v) is 11.5. The summed E-state index contributed by atoms with van der Waals surface area (Å²) in [6.07, 6.45) is 1.78. The van der Waals surface area contributed by atoms with Gasteiger partial charge in [0.2, 0.25) is 0 Å². The molecule has 3 aromatic carbocycles. The largest absolute Gasteiger partial charge is 0.488 e. The lowest BCUT2D eigenvalue weighted by Crippen LogP contribution is -2.23. The first-order chi connectivity index (χ1) is 17.0. The highest BCUT2D eigenvalue weighted by atomic mass is 32.2. The van der Waals surface area contributed by atoms with Crippen LogP contribution in [0.3, 0.4) is 0 Å². The van der Waals surface area contributed by atoms with E-state index in [9.17, 15) is 14.9 Å². The lowest BCUT2D eigenvalue weighted by Gasteiger charge is -2.10. The zero-order valence-corrected chi connectivity index (χ0v) is 19.9. The minimum Gasteiger partial charge on any atom is -0.488 e. The second-order valence-corrected chi connectivity index (χ2v) is 8.51. The molecule has 3 aromatic rings. The molecule has 0 aromatic heterocycles. The molecular weight excluding hydrogens is 462 g/mol. The molecule has 7 nitrogen and oxygen atoms in total. The maximum Gasteiger partial charge on any atom is 0.337 e. The average molecular weight is 484 g/mol. The van der Waals surface area contributed by atoms with Gasteiger partial charge in [0.15, 0.2) is 5.17 Å². The van der Waals surface area contributed by atoms with Crippen molar-refractivity contribution in [3.63, 3.8) is 0 Å². The number of likely N-dealkylation sites (N-methyl/N-ethyl adjacent to an activating group) is 1. The van der Waals surface area contributed by atoms with Crippen molar-refractivity contribution in [3.05, 3.63) is 100.0 Å². The summed E-state index contributed by atoms with van der Waals surface area (Å²) in [4.78, 5) is 31.0. The summed E-state index contributed by atoms with van der Waals surface area (Å²) < 4.78 is 10.7. The van der Waals surface area contributed by atoms with Gasteiger partial charge in [-0.1, -0.05) is 36.4 Å². The van der Waals surface area contributed by atoms with Crippen molar-refractivity contribution in [2.45, 2.75) is 6.61 Å². The van der Waals surface area contributed by atoms with E-state index in [1.807, 2.05) is 42.5 Å². The van der Waals surface area contributed by atoms with Crippen LogP contribution in [-0.2, 0) is 16.1 Å². The fourth-order valence-electron chi connectivity index (χ4n) is 3.34. The van der Waals surface area contributed by atoms with Gasteiger partial charge in [-0.25, -0.2) is 9.79 Å². The Balaban J connectivity index is 1.54. The molecule has 174 valence electrons. The fourth-order valence-corrected chi connectivity index (χ4v) is 4.31. The molecule has 0 spiro atoms. The molecule has 0 saturated carbocycles. The maximum absolute atomic E-state index is 12.9. The van der Waals surface area contributed by atoms with Crippen LogP contribution in [-0.4, -0.2) is 36.1 Å². The van der Waals surface area contributed by atoms with Gasteiger partial charge in [0, 0.05) is 18.2 Å². The van der Waals surface area contributed by atoms with Gasteiger partial charge in [-0.2, -0.15) is 5.26 Å². The highest BCUT2D eigenvalue weighted by Gasteiger charge is 2.30. The Hall–Kier alpha value is -4.35. The number of nitriles is 1. The number of ether oxygens (including phenoxy) is 2. The van der Waals surface area contributed by atoms with Gasteiger partial charge in [0.25, 0.3) is 5.91 Å². The number of amidine groups is 1. The predicted molar refractivity (Wildman–Crippen MR) is 135 cm³/mol. The first kappa shape index (κ1) is 23.8. The summed E-state index contributed by atoms with van der Waals surface area (Å²) in [7, 11) is 2.99. The van der Waals surface area contributed by atoms with E-state index in [4.69, 9.17) is 9.47 Å². The molecule has 0 aliphatic carbocycles. The quantitative estimate of drug-likeness (QED) is 0.355. The summed E-state index contributed by atoms with van der Waals surface area (Å²) in [6, 6.07) is 23.5. The van der Waals surface area contributed by atoms with E-state index in [2.05, 4.69) is 11.1 Å². The number of hydrogen-bond acceptors (Lipinski definition) is 7. The van der Waals surface area contributed by atoms with Crippen molar-refractivity contribution in [1.29, 1.82) is 5.26 Å². The summed E-state index contributed by atoms with van der Waals surface area (Å²) in [5.41, 5.74) is 3.13. The van der Waals surface area contributed by atoms with E-state index in [-0.39, 0.29) is 12.5 Å².